The Morgan fingerprint density at radius 2 is 2.00 bits per heavy atom. The van der Waals surface area contributed by atoms with Crippen molar-refractivity contribution in [2.24, 2.45) is 0 Å². The summed E-state index contributed by atoms with van der Waals surface area (Å²) in [7, 11) is 0. The SMILES string of the molecule is Cc1ccccc1/C=C/C=C/CO. The maximum Gasteiger partial charge on any atom is 0.0615 e. The van der Waals surface area contributed by atoms with Crippen molar-refractivity contribution in [3.63, 3.8) is 0 Å². The normalized spacial score (nSPS) is 11.5. The molecule has 0 aliphatic rings. The van der Waals surface area contributed by atoms with Gasteiger partial charge in [-0.25, -0.2) is 0 Å². The lowest BCUT2D eigenvalue weighted by molar-refractivity contribution is 0.343. The van der Waals surface area contributed by atoms with E-state index in [9.17, 15) is 0 Å². The van der Waals surface area contributed by atoms with Crippen molar-refractivity contribution < 1.29 is 5.11 Å². The van der Waals surface area contributed by atoms with Crippen LogP contribution >= 0.6 is 0 Å². The molecule has 1 nitrogen and oxygen atoms in total. The summed E-state index contributed by atoms with van der Waals surface area (Å²) >= 11 is 0. The Morgan fingerprint density at radius 3 is 2.69 bits per heavy atom. The van der Waals surface area contributed by atoms with E-state index >= 15 is 0 Å². The zero-order valence-electron chi connectivity index (χ0n) is 7.77. The average Bonchev–Trinajstić information content (AvgIpc) is 2.15. The van der Waals surface area contributed by atoms with Gasteiger partial charge in [-0.3, -0.25) is 0 Å². The summed E-state index contributed by atoms with van der Waals surface area (Å²) in [4.78, 5) is 0. The van der Waals surface area contributed by atoms with Crippen molar-refractivity contribution in [3.05, 3.63) is 53.6 Å². The Hall–Kier alpha value is -1.34. The van der Waals surface area contributed by atoms with Crippen molar-refractivity contribution in [2.45, 2.75) is 6.92 Å². The minimum absolute atomic E-state index is 0.0953. The maximum atomic E-state index is 8.50. The number of benzene rings is 1. The van der Waals surface area contributed by atoms with Crippen LogP contribution in [0.3, 0.4) is 0 Å². The zero-order chi connectivity index (χ0) is 9.52. The summed E-state index contributed by atoms with van der Waals surface area (Å²) in [6, 6.07) is 8.19. The molecule has 0 bridgehead atoms. The summed E-state index contributed by atoms with van der Waals surface area (Å²) in [5.41, 5.74) is 2.47. The summed E-state index contributed by atoms with van der Waals surface area (Å²) in [6.45, 7) is 2.17. The van der Waals surface area contributed by atoms with Crippen LogP contribution in [0, 0.1) is 6.92 Å². The van der Waals surface area contributed by atoms with Crippen LogP contribution in [0.1, 0.15) is 11.1 Å². The molecular formula is C12H14O. The zero-order valence-corrected chi connectivity index (χ0v) is 7.77. The van der Waals surface area contributed by atoms with E-state index in [1.165, 1.54) is 11.1 Å². The smallest absolute Gasteiger partial charge is 0.0615 e. The van der Waals surface area contributed by atoms with Gasteiger partial charge in [-0.15, -0.1) is 0 Å². The molecule has 0 heterocycles. The largest absolute Gasteiger partial charge is 0.392 e. The van der Waals surface area contributed by atoms with Gasteiger partial charge >= 0.3 is 0 Å². The molecule has 0 aliphatic heterocycles. The molecule has 0 saturated carbocycles. The van der Waals surface area contributed by atoms with E-state index in [1.54, 1.807) is 6.08 Å². The second kappa shape index (κ2) is 5.33. The molecule has 0 atom stereocenters. The Bertz CT molecular complexity index is 311. The second-order valence-electron chi connectivity index (χ2n) is 2.83. The Balaban J connectivity index is 2.68. The van der Waals surface area contributed by atoms with Crippen LogP contribution in [0.25, 0.3) is 6.08 Å². The van der Waals surface area contributed by atoms with Gasteiger partial charge in [0.1, 0.15) is 0 Å². The van der Waals surface area contributed by atoms with Gasteiger partial charge in [-0.05, 0) is 18.1 Å². The number of hydrogen-bond acceptors (Lipinski definition) is 1. The van der Waals surface area contributed by atoms with Gasteiger partial charge in [0.05, 0.1) is 6.61 Å². The average molecular weight is 174 g/mol. The van der Waals surface area contributed by atoms with E-state index in [-0.39, 0.29) is 6.61 Å². The molecule has 0 saturated heterocycles. The summed E-state index contributed by atoms with van der Waals surface area (Å²) in [5, 5.41) is 8.50. The lowest BCUT2D eigenvalue weighted by Crippen LogP contribution is -1.77. The fourth-order valence-corrected chi connectivity index (χ4v) is 1.07. The standard InChI is InChI=1S/C12H14O/c1-11-7-4-5-9-12(11)8-3-2-6-10-13/h2-9,13H,10H2,1H3/b6-2+,8-3+. The van der Waals surface area contributed by atoms with Crippen LogP contribution < -0.4 is 0 Å². The molecule has 0 unspecified atom stereocenters. The predicted octanol–water partition coefficient (Wildman–Crippen LogP) is 2.56. The first-order chi connectivity index (χ1) is 6.34. The molecule has 0 aromatic heterocycles. The highest BCUT2D eigenvalue weighted by Crippen LogP contribution is 2.08. The number of allylic oxidation sites excluding steroid dienone is 2. The fourth-order valence-electron chi connectivity index (χ4n) is 1.07. The minimum Gasteiger partial charge on any atom is -0.392 e. The monoisotopic (exact) mass is 174 g/mol. The van der Waals surface area contributed by atoms with Crippen molar-refractivity contribution in [1.29, 1.82) is 0 Å². The highest BCUT2D eigenvalue weighted by Gasteiger charge is 1.88. The molecule has 0 spiro atoms. The van der Waals surface area contributed by atoms with E-state index in [0.29, 0.717) is 0 Å². The van der Waals surface area contributed by atoms with Gasteiger partial charge in [0.25, 0.3) is 0 Å². The molecule has 0 aliphatic carbocycles. The van der Waals surface area contributed by atoms with Gasteiger partial charge in [-0.1, -0.05) is 48.6 Å². The highest BCUT2D eigenvalue weighted by molar-refractivity contribution is 5.54. The van der Waals surface area contributed by atoms with E-state index in [2.05, 4.69) is 19.1 Å². The minimum atomic E-state index is 0.0953. The molecule has 0 amide bonds. The third-order valence-corrected chi connectivity index (χ3v) is 1.82. The first kappa shape index (κ1) is 9.75. The summed E-state index contributed by atoms with van der Waals surface area (Å²) < 4.78 is 0. The lowest BCUT2D eigenvalue weighted by Gasteiger charge is -1.96. The van der Waals surface area contributed by atoms with Crippen LogP contribution in [0.5, 0.6) is 0 Å². The van der Waals surface area contributed by atoms with Crippen LogP contribution in [-0.4, -0.2) is 11.7 Å². The molecule has 1 aromatic rings. The van der Waals surface area contributed by atoms with Gasteiger partial charge in [-0.2, -0.15) is 0 Å². The molecule has 68 valence electrons. The molecule has 13 heavy (non-hydrogen) atoms. The number of aliphatic hydroxyl groups excluding tert-OH is 1. The highest BCUT2D eigenvalue weighted by atomic mass is 16.2. The van der Waals surface area contributed by atoms with Gasteiger partial charge in [0.15, 0.2) is 0 Å². The van der Waals surface area contributed by atoms with Crippen molar-refractivity contribution >= 4 is 6.08 Å². The number of rotatable bonds is 3. The molecule has 0 fully saturated rings. The van der Waals surface area contributed by atoms with Gasteiger partial charge in [0.2, 0.25) is 0 Å². The first-order valence-electron chi connectivity index (χ1n) is 4.34. The van der Waals surface area contributed by atoms with Crippen molar-refractivity contribution in [1.82, 2.24) is 0 Å². The maximum absolute atomic E-state index is 8.50. The van der Waals surface area contributed by atoms with E-state index in [4.69, 9.17) is 5.11 Å². The Kier molecular flexibility index (Phi) is 4.00. The summed E-state index contributed by atoms with van der Waals surface area (Å²) in [6.07, 6.45) is 7.50. The third-order valence-electron chi connectivity index (χ3n) is 1.82. The quantitative estimate of drug-likeness (QED) is 0.698. The fraction of sp³-hybridized carbons (Fsp3) is 0.167. The first-order valence-corrected chi connectivity index (χ1v) is 4.34. The Morgan fingerprint density at radius 1 is 1.23 bits per heavy atom. The van der Waals surface area contributed by atoms with E-state index < -0.39 is 0 Å². The molecule has 0 radical (unpaired) electrons. The molecule has 1 aromatic carbocycles. The van der Waals surface area contributed by atoms with Crippen LogP contribution in [-0.2, 0) is 0 Å². The molecular weight excluding hydrogens is 160 g/mol. The number of hydrogen-bond donors (Lipinski definition) is 1. The summed E-state index contributed by atoms with van der Waals surface area (Å²) in [5.74, 6) is 0. The number of aryl methyl sites for hydroxylation is 1. The van der Waals surface area contributed by atoms with E-state index in [1.807, 2.05) is 30.4 Å². The molecule has 1 heteroatoms. The topological polar surface area (TPSA) is 20.2 Å². The second-order valence-corrected chi connectivity index (χ2v) is 2.83. The predicted molar refractivity (Wildman–Crippen MR) is 56.4 cm³/mol. The van der Waals surface area contributed by atoms with Crippen LogP contribution in [0.4, 0.5) is 0 Å². The van der Waals surface area contributed by atoms with Crippen LogP contribution in [0.2, 0.25) is 0 Å². The van der Waals surface area contributed by atoms with E-state index in [0.717, 1.165) is 0 Å². The molecule has 1 rings (SSSR count). The molecule has 1 N–H and O–H groups in total. The van der Waals surface area contributed by atoms with Gasteiger partial charge in [0, 0.05) is 0 Å². The van der Waals surface area contributed by atoms with Crippen LogP contribution in [0.15, 0.2) is 42.5 Å². The van der Waals surface area contributed by atoms with Crippen molar-refractivity contribution in [2.75, 3.05) is 6.61 Å². The Labute approximate surface area is 79.0 Å². The number of aliphatic hydroxyl groups is 1. The third kappa shape index (κ3) is 3.26. The lowest BCUT2D eigenvalue weighted by atomic mass is 10.1. The van der Waals surface area contributed by atoms with Crippen molar-refractivity contribution in [3.8, 4) is 0 Å². The van der Waals surface area contributed by atoms with Gasteiger partial charge < -0.3 is 5.11 Å².